The second kappa shape index (κ2) is 8.55. The molecule has 8 nitrogen and oxygen atoms in total. The van der Waals surface area contributed by atoms with Gasteiger partial charge in [0.2, 0.25) is 5.91 Å². The van der Waals surface area contributed by atoms with Gasteiger partial charge in [0.05, 0.1) is 0 Å². The summed E-state index contributed by atoms with van der Waals surface area (Å²) < 4.78 is 0. The number of nitrogens with zero attached hydrogens (tertiary/aromatic N) is 5. The Balaban J connectivity index is 1.41. The van der Waals surface area contributed by atoms with Gasteiger partial charge in [0.25, 0.3) is 0 Å². The molecule has 3 heterocycles. The Morgan fingerprint density at radius 1 is 0.862 bits per heavy atom. The van der Waals surface area contributed by atoms with Crippen molar-refractivity contribution >= 4 is 34.7 Å². The van der Waals surface area contributed by atoms with Crippen molar-refractivity contribution in [3.63, 3.8) is 0 Å². The average Bonchev–Trinajstić information content (AvgIpc) is 2.74. The predicted octanol–water partition coefficient (Wildman–Crippen LogP) is 2.90. The van der Waals surface area contributed by atoms with Crippen molar-refractivity contribution < 1.29 is 4.79 Å². The highest BCUT2D eigenvalue weighted by Crippen LogP contribution is 2.22. The van der Waals surface area contributed by atoms with Crippen molar-refractivity contribution in [1.29, 1.82) is 0 Å². The van der Waals surface area contributed by atoms with Crippen LogP contribution in [-0.4, -0.2) is 47.0 Å². The van der Waals surface area contributed by atoms with Gasteiger partial charge in [0.1, 0.15) is 23.8 Å². The molecular formula is C21H23N7O. The van der Waals surface area contributed by atoms with Crippen LogP contribution in [0.3, 0.4) is 0 Å². The Bertz CT molecular complexity index is 972. The van der Waals surface area contributed by atoms with Crippen LogP contribution in [0.2, 0.25) is 0 Å². The fourth-order valence-electron chi connectivity index (χ4n) is 3.32. The standard InChI is InChI=1S/C21H23N7O/c1-16(29)25-17-5-4-6-18(13-17)26-19-14-21(24-15-23-19)28-11-9-27(10-12-28)20-7-2-3-8-22-20/h2-8,13-15H,9-12H2,1H3,(H,25,29)(H,23,24,26). The molecule has 0 spiro atoms. The molecule has 1 aliphatic rings. The molecule has 29 heavy (non-hydrogen) atoms. The highest BCUT2D eigenvalue weighted by molar-refractivity contribution is 5.89. The van der Waals surface area contributed by atoms with E-state index in [1.807, 2.05) is 54.7 Å². The van der Waals surface area contributed by atoms with E-state index in [1.54, 1.807) is 6.33 Å². The molecule has 2 N–H and O–H groups in total. The molecular weight excluding hydrogens is 366 g/mol. The molecule has 1 saturated heterocycles. The summed E-state index contributed by atoms with van der Waals surface area (Å²) in [7, 11) is 0. The molecule has 0 saturated carbocycles. The number of benzene rings is 1. The maximum atomic E-state index is 11.3. The number of nitrogens with one attached hydrogen (secondary N) is 2. The third-order valence-corrected chi connectivity index (χ3v) is 4.68. The highest BCUT2D eigenvalue weighted by atomic mass is 16.1. The molecule has 3 aromatic rings. The van der Waals surface area contributed by atoms with Crippen molar-refractivity contribution in [2.24, 2.45) is 0 Å². The van der Waals surface area contributed by atoms with E-state index >= 15 is 0 Å². The van der Waals surface area contributed by atoms with E-state index in [9.17, 15) is 4.79 Å². The van der Waals surface area contributed by atoms with Crippen molar-refractivity contribution in [2.75, 3.05) is 46.6 Å². The third kappa shape index (κ3) is 4.78. The summed E-state index contributed by atoms with van der Waals surface area (Å²) >= 11 is 0. The number of anilines is 5. The average molecular weight is 389 g/mol. The lowest BCUT2D eigenvalue weighted by Crippen LogP contribution is -2.47. The monoisotopic (exact) mass is 389 g/mol. The Hall–Kier alpha value is -3.68. The molecule has 1 aliphatic heterocycles. The normalized spacial score (nSPS) is 13.8. The molecule has 0 aliphatic carbocycles. The summed E-state index contributed by atoms with van der Waals surface area (Å²) in [6, 6.07) is 15.5. The van der Waals surface area contributed by atoms with Gasteiger partial charge in [-0.15, -0.1) is 0 Å². The smallest absolute Gasteiger partial charge is 0.221 e. The quantitative estimate of drug-likeness (QED) is 0.694. The Morgan fingerprint density at radius 3 is 2.34 bits per heavy atom. The number of hydrogen-bond acceptors (Lipinski definition) is 7. The molecule has 0 unspecified atom stereocenters. The van der Waals surface area contributed by atoms with Crippen LogP contribution in [0, 0.1) is 0 Å². The lowest BCUT2D eigenvalue weighted by Gasteiger charge is -2.36. The van der Waals surface area contributed by atoms with Gasteiger partial charge in [-0.05, 0) is 30.3 Å². The predicted molar refractivity (Wildman–Crippen MR) is 115 cm³/mol. The zero-order chi connectivity index (χ0) is 20.1. The first-order valence-corrected chi connectivity index (χ1v) is 9.55. The highest BCUT2D eigenvalue weighted by Gasteiger charge is 2.19. The second-order valence-electron chi connectivity index (χ2n) is 6.81. The number of aromatic nitrogens is 3. The summed E-state index contributed by atoms with van der Waals surface area (Å²) in [6.07, 6.45) is 3.39. The largest absolute Gasteiger partial charge is 0.353 e. The van der Waals surface area contributed by atoms with Crippen molar-refractivity contribution in [2.45, 2.75) is 6.92 Å². The summed E-state index contributed by atoms with van der Waals surface area (Å²) in [6.45, 7) is 5.01. The summed E-state index contributed by atoms with van der Waals surface area (Å²) in [5, 5.41) is 6.06. The van der Waals surface area contributed by atoms with Crippen LogP contribution in [0.15, 0.2) is 61.1 Å². The molecule has 1 amide bonds. The number of rotatable bonds is 5. The second-order valence-corrected chi connectivity index (χ2v) is 6.81. The zero-order valence-electron chi connectivity index (χ0n) is 16.2. The first kappa shape index (κ1) is 18.7. The van der Waals surface area contributed by atoms with Gasteiger partial charge in [-0.25, -0.2) is 15.0 Å². The Morgan fingerprint density at radius 2 is 1.62 bits per heavy atom. The zero-order valence-corrected chi connectivity index (χ0v) is 16.2. The molecule has 4 rings (SSSR count). The maximum Gasteiger partial charge on any atom is 0.221 e. The molecule has 2 aromatic heterocycles. The summed E-state index contributed by atoms with van der Waals surface area (Å²) in [5.74, 6) is 2.51. The SMILES string of the molecule is CC(=O)Nc1cccc(Nc2cc(N3CCN(c4ccccn4)CC3)ncn2)c1. The molecule has 1 fully saturated rings. The number of piperazine rings is 1. The van der Waals surface area contributed by atoms with E-state index < -0.39 is 0 Å². The first-order valence-electron chi connectivity index (χ1n) is 9.55. The number of amides is 1. The minimum atomic E-state index is -0.101. The lowest BCUT2D eigenvalue weighted by atomic mass is 10.2. The molecule has 0 atom stereocenters. The molecule has 1 aromatic carbocycles. The van der Waals surface area contributed by atoms with Crippen LogP contribution in [0.5, 0.6) is 0 Å². The van der Waals surface area contributed by atoms with Crippen LogP contribution in [-0.2, 0) is 4.79 Å². The maximum absolute atomic E-state index is 11.3. The van der Waals surface area contributed by atoms with E-state index in [-0.39, 0.29) is 5.91 Å². The number of pyridine rings is 1. The van der Waals surface area contributed by atoms with Gasteiger partial charge in [-0.1, -0.05) is 12.1 Å². The lowest BCUT2D eigenvalue weighted by molar-refractivity contribution is -0.114. The van der Waals surface area contributed by atoms with E-state index in [1.165, 1.54) is 6.92 Å². The number of carbonyl (C=O) groups excluding carboxylic acids is 1. The third-order valence-electron chi connectivity index (χ3n) is 4.68. The summed E-state index contributed by atoms with van der Waals surface area (Å²) in [4.78, 5) is 29.0. The fourth-order valence-corrected chi connectivity index (χ4v) is 3.32. The van der Waals surface area contributed by atoms with Crippen LogP contribution in [0.1, 0.15) is 6.92 Å². The molecule has 8 heteroatoms. The minimum absolute atomic E-state index is 0.101. The van der Waals surface area contributed by atoms with Gasteiger partial charge in [-0.3, -0.25) is 4.79 Å². The molecule has 0 radical (unpaired) electrons. The van der Waals surface area contributed by atoms with Crippen molar-refractivity contribution in [3.8, 4) is 0 Å². The summed E-state index contributed by atoms with van der Waals surface area (Å²) in [5.41, 5.74) is 1.59. The van der Waals surface area contributed by atoms with Crippen LogP contribution < -0.4 is 20.4 Å². The topological polar surface area (TPSA) is 86.3 Å². The Labute approximate surface area is 169 Å². The first-order chi connectivity index (χ1) is 14.2. The Kier molecular flexibility index (Phi) is 5.51. The number of hydrogen-bond donors (Lipinski definition) is 2. The van der Waals surface area contributed by atoms with E-state index in [2.05, 4.69) is 35.4 Å². The van der Waals surface area contributed by atoms with Gasteiger partial charge in [0.15, 0.2) is 0 Å². The number of carbonyl (C=O) groups is 1. The van der Waals surface area contributed by atoms with Gasteiger partial charge in [-0.2, -0.15) is 0 Å². The minimum Gasteiger partial charge on any atom is -0.353 e. The van der Waals surface area contributed by atoms with Crippen LogP contribution in [0.25, 0.3) is 0 Å². The van der Waals surface area contributed by atoms with Gasteiger partial charge in [0, 0.05) is 56.7 Å². The van der Waals surface area contributed by atoms with Crippen molar-refractivity contribution in [3.05, 3.63) is 61.1 Å². The van der Waals surface area contributed by atoms with E-state index in [0.717, 1.165) is 49.2 Å². The van der Waals surface area contributed by atoms with Gasteiger partial charge >= 0.3 is 0 Å². The fraction of sp³-hybridized carbons (Fsp3) is 0.238. The van der Waals surface area contributed by atoms with E-state index in [4.69, 9.17) is 0 Å². The van der Waals surface area contributed by atoms with Crippen LogP contribution >= 0.6 is 0 Å². The van der Waals surface area contributed by atoms with Crippen molar-refractivity contribution in [1.82, 2.24) is 15.0 Å². The van der Waals surface area contributed by atoms with Gasteiger partial charge < -0.3 is 20.4 Å². The molecule has 148 valence electrons. The van der Waals surface area contributed by atoms with E-state index in [0.29, 0.717) is 5.82 Å². The molecule has 0 bridgehead atoms. The van der Waals surface area contributed by atoms with Crippen LogP contribution in [0.4, 0.5) is 28.8 Å².